The monoisotopic (exact) mass is 472 g/mol. The lowest BCUT2D eigenvalue weighted by atomic mass is 9.88. The summed E-state index contributed by atoms with van der Waals surface area (Å²) in [5, 5.41) is 2.99. The van der Waals surface area contributed by atoms with Gasteiger partial charge in [0.1, 0.15) is 10.6 Å². The quantitative estimate of drug-likeness (QED) is 0.675. The molecule has 1 aliphatic heterocycles. The first-order valence-electron chi connectivity index (χ1n) is 11.6. The number of nitrogens with one attached hydrogen (secondary N) is 2. The number of sulfonamides is 1. The lowest BCUT2D eigenvalue weighted by Crippen LogP contribution is -2.40. The van der Waals surface area contributed by atoms with Gasteiger partial charge in [0.2, 0.25) is 15.9 Å². The molecule has 2 heterocycles. The highest BCUT2D eigenvalue weighted by Crippen LogP contribution is 2.29. The predicted octanol–water partition coefficient (Wildman–Crippen LogP) is 2.70. The number of piperidine rings is 1. The molecule has 8 nitrogen and oxygen atoms in total. The van der Waals surface area contributed by atoms with Gasteiger partial charge < -0.3 is 15.2 Å². The zero-order valence-electron chi connectivity index (χ0n) is 19.2. The maximum Gasteiger partial charge on any atom is 0.270 e. The van der Waals surface area contributed by atoms with E-state index >= 15 is 0 Å². The summed E-state index contributed by atoms with van der Waals surface area (Å²) in [6.07, 6.45) is 6.01. The smallest absolute Gasteiger partial charge is 0.270 e. The van der Waals surface area contributed by atoms with Crippen molar-refractivity contribution in [2.45, 2.75) is 50.0 Å². The average Bonchev–Trinajstić information content (AvgIpc) is 3.30. The Morgan fingerprint density at radius 2 is 1.91 bits per heavy atom. The van der Waals surface area contributed by atoms with Crippen molar-refractivity contribution in [2.24, 2.45) is 5.92 Å². The number of aryl methyl sites for hydroxylation is 1. The summed E-state index contributed by atoms with van der Waals surface area (Å²) in [5.74, 6) is 0.0484. The SMILES string of the molecule is CC1CCN(C(=O)c2cc(S(=O)(=O)N(C)CC(=O)NC3CCCc4ccccc43)c[nH]2)CC1. The highest BCUT2D eigenvalue weighted by Gasteiger charge is 2.29. The number of rotatable bonds is 6. The standard InChI is InChI=1S/C24H32N4O4S/c1-17-10-12-28(13-11-17)24(30)22-14-19(15-25-22)33(31,32)27(2)16-23(29)26-21-9-5-7-18-6-3-4-8-20(18)21/h3-4,6,8,14-15,17,21,25H,5,7,9-13,16H2,1-2H3,(H,26,29). The Bertz CT molecular complexity index is 1120. The largest absolute Gasteiger partial charge is 0.356 e. The molecular formula is C24H32N4O4S. The van der Waals surface area contributed by atoms with E-state index in [2.05, 4.69) is 23.3 Å². The van der Waals surface area contributed by atoms with Crippen LogP contribution in [-0.4, -0.2) is 61.1 Å². The summed E-state index contributed by atoms with van der Waals surface area (Å²) >= 11 is 0. The van der Waals surface area contributed by atoms with Crippen LogP contribution in [0, 0.1) is 5.92 Å². The molecule has 2 aromatic rings. The number of carbonyl (C=O) groups is 2. The van der Waals surface area contributed by atoms with E-state index in [4.69, 9.17) is 0 Å². The zero-order valence-corrected chi connectivity index (χ0v) is 20.0. The fraction of sp³-hybridized carbons (Fsp3) is 0.500. The van der Waals surface area contributed by atoms with Crippen molar-refractivity contribution in [3.63, 3.8) is 0 Å². The van der Waals surface area contributed by atoms with Crippen molar-refractivity contribution in [3.8, 4) is 0 Å². The number of amides is 2. The van der Waals surface area contributed by atoms with Crippen LogP contribution in [0.4, 0.5) is 0 Å². The number of carbonyl (C=O) groups excluding carboxylic acids is 2. The van der Waals surface area contributed by atoms with Gasteiger partial charge in [-0.3, -0.25) is 9.59 Å². The van der Waals surface area contributed by atoms with Crippen molar-refractivity contribution in [1.29, 1.82) is 0 Å². The molecule has 1 unspecified atom stereocenters. The van der Waals surface area contributed by atoms with Crippen molar-refractivity contribution >= 4 is 21.8 Å². The fourth-order valence-electron chi connectivity index (χ4n) is 4.64. The maximum atomic E-state index is 13.0. The van der Waals surface area contributed by atoms with Gasteiger partial charge in [0.05, 0.1) is 12.6 Å². The highest BCUT2D eigenvalue weighted by molar-refractivity contribution is 7.89. The number of aromatic nitrogens is 1. The van der Waals surface area contributed by atoms with Crippen LogP contribution in [0.1, 0.15) is 60.3 Å². The van der Waals surface area contributed by atoms with Gasteiger partial charge in [-0.2, -0.15) is 4.31 Å². The van der Waals surface area contributed by atoms with Crippen molar-refractivity contribution in [2.75, 3.05) is 26.7 Å². The van der Waals surface area contributed by atoms with Crippen molar-refractivity contribution in [3.05, 3.63) is 53.3 Å². The number of likely N-dealkylation sites (N-methyl/N-ethyl adjacent to an activating group) is 1. The second-order valence-corrected chi connectivity index (χ2v) is 11.2. The number of hydrogen-bond acceptors (Lipinski definition) is 4. The summed E-state index contributed by atoms with van der Waals surface area (Å²) in [6.45, 7) is 3.22. The molecule has 2 amide bonds. The van der Waals surface area contributed by atoms with Gasteiger partial charge in [-0.25, -0.2) is 8.42 Å². The molecule has 178 valence electrons. The first kappa shape index (κ1) is 23.5. The Kier molecular flexibility index (Phi) is 6.90. The van der Waals surface area contributed by atoms with E-state index in [1.54, 1.807) is 4.90 Å². The van der Waals surface area contributed by atoms with Crippen LogP contribution in [-0.2, 0) is 21.2 Å². The molecule has 1 atom stereocenters. The van der Waals surface area contributed by atoms with E-state index in [-0.39, 0.29) is 35.0 Å². The first-order valence-corrected chi connectivity index (χ1v) is 13.0. The third-order valence-electron chi connectivity index (χ3n) is 6.74. The number of likely N-dealkylation sites (tertiary alicyclic amines) is 1. The molecular weight excluding hydrogens is 440 g/mol. The summed E-state index contributed by atoms with van der Waals surface area (Å²) in [5.41, 5.74) is 2.58. The number of H-pyrrole nitrogens is 1. The molecule has 1 saturated heterocycles. The molecule has 33 heavy (non-hydrogen) atoms. The van der Waals surface area contributed by atoms with Crippen LogP contribution in [0.5, 0.6) is 0 Å². The minimum absolute atomic E-state index is 0.0189. The van der Waals surface area contributed by atoms with E-state index in [0.717, 1.165) is 42.0 Å². The average molecular weight is 473 g/mol. The van der Waals surface area contributed by atoms with Gasteiger partial charge in [0.15, 0.2) is 0 Å². The Hall–Kier alpha value is -2.65. The molecule has 4 rings (SSSR count). The highest BCUT2D eigenvalue weighted by atomic mass is 32.2. The van der Waals surface area contributed by atoms with Gasteiger partial charge >= 0.3 is 0 Å². The molecule has 2 aliphatic rings. The number of benzene rings is 1. The molecule has 0 spiro atoms. The third-order valence-corrected chi connectivity index (χ3v) is 8.52. The Balaban J connectivity index is 1.39. The van der Waals surface area contributed by atoms with E-state index in [1.807, 2.05) is 18.2 Å². The molecule has 9 heteroatoms. The van der Waals surface area contributed by atoms with Crippen LogP contribution < -0.4 is 5.32 Å². The molecule has 1 aliphatic carbocycles. The number of fused-ring (bicyclic) bond motifs is 1. The van der Waals surface area contributed by atoms with Crippen LogP contribution in [0.3, 0.4) is 0 Å². The summed E-state index contributed by atoms with van der Waals surface area (Å²) < 4.78 is 27.1. The number of hydrogen-bond donors (Lipinski definition) is 2. The minimum Gasteiger partial charge on any atom is -0.356 e. The van der Waals surface area contributed by atoms with Crippen LogP contribution in [0.2, 0.25) is 0 Å². The van der Waals surface area contributed by atoms with E-state index in [0.29, 0.717) is 19.0 Å². The molecule has 0 radical (unpaired) electrons. The van der Waals surface area contributed by atoms with Crippen LogP contribution in [0.25, 0.3) is 0 Å². The van der Waals surface area contributed by atoms with E-state index in [1.165, 1.54) is 24.9 Å². The lowest BCUT2D eigenvalue weighted by Gasteiger charge is -2.29. The Labute approximate surface area is 195 Å². The van der Waals surface area contributed by atoms with Gasteiger partial charge in [0.25, 0.3) is 5.91 Å². The van der Waals surface area contributed by atoms with E-state index in [9.17, 15) is 18.0 Å². The normalized spacial score (nSPS) is 19.4. The topological polar surface area (TPSA) is 103 Å². The number of nitrogens with zero attached hydrogens (tertiary/aromatic N) is 2. The minimum atomic E-state index is -3.92. The third kappa shape index (κ3) is 5.14. The summed E-state index contributed by atoms with van der Waals surface area (Å²) in [6, 6.07) is 9.28. The molecule has 1 aromatic carbocycles. The molecule has 0 bridgehead atoms. The second kappa shape index (κ2) is 9.69. The second-order valence-electron chi connectivity index (χ2n) is 9.20. The van der Waals surface area contributed by atoms with Gasteiger partial charge in [0, 0.05) is 26.3 Å². The Morgan fingerprint density at radius 3 is 2.67 bits per heavy atom. The molecule has 1 aromatic heterocycles. The molecule has 2 N–H and O–H groups in total. The molecule has 0 saturated carbocycles. The van der Waals surface area contributed by atoms with Gasteiger partial charge in [-0.05, 0) is 55.2 Å². The number of aromatic amines is 1. The van der Waals surface area contributed by atoms with Crippen molar-refractivity contribution in [1.82, 2.24) is 19.5 Å². The zero-order chi connectivity index (χ0) is 23.6. The van der Waals surface area contributed by atoms with Gasteiger partial charge in [-0.15, -0.1) is 0 Å². The summed E-state index contributed by atoms with van der Waals surface area (Å²) in [7, 11) is -2.54. The van der Waals surface area contributed by atoms with Crippen LogP contribution in [0.15, 0.2) is 41.4 Å². The van der Waals surface area contributed by atoms with E-state index < -0.39 is 10.0 Å². The molecule has 1 fully saturated rings. The lowest BCUT2D eigenvalue weighted by molar-refractivity contribution is -0.122. The maximum absolute atomic E-state index is 13.0. The first-order chi connectivity index (χ1) is 15.8. The fourth-order valence-corrected chi connectivity index (χ4v) is 5.76. The Morgan fingerprint density at radius 1 is 1.18 bits per heavy atom. The van der Waals surface area contributed by atoms with Crippen LogP contribution >= 0.6 is 0 Å². The summed E-state index contributed by atoms with van der Waals surface area (Å²) in [4.78, 5) is 29.9. The van der Waals surface area contributed by atoms with Gasteiger partial charge in [-0.1, -0.05) is 31.2 Å². The van der Waals surface area contributed by atoms with Crippen molar-refractivity contribution < 1.29 is 18.0 Å². The predicted molar refractivity (Wildman–Crippen MR) is 125 cm³/mol.